The molecule has 0 aromatic heterocycles. The Morgan fingerprint density at radius 3 is 2.33 bits per heavy atom. The van der Waals surface area contributed by atoms with E-state index in [1.54, 1.807) is 19.1 Å². The number of nitrogens with zero attached hydrogens (tertiary/aromatic N) is 2. The third-order valence-corrected chi connectivity index (χ3v) is 9.23. The van der Waals surface area contributed by atoms with E-state index in [4.69, 9.17) is 11.6 Å². The number of benzene rings is 3. The van der Waals surface area contributed by atoms with E-state index in [1.165, 1.54) is 29.2 Å². The molecular weight excluding hydrogens is 614 g/mol. The first-order valence-corrected chi connectivity index (χ1v) is 15.7. The Morgan fingerprint density at radius 2 is 1.70 bits per heavy atom. The molecule has 0 aliphatic carbocycles. The van der Waals surface area contributed by atoms with Crippen molar-refractivity contribution in [3.05, 3.63) is 92.9 Å². The number of rotatable bonds is 12. The van der Waals surface area contributed by atoms with Crippen LogP contribution in [0, 0.1) is 13.8 Å². The van der Waals surface area contributed by atoms with Crippen molar-refractivity contribution >= 4 is 55.1 Å². The Hall–Kier alpha value is -2.88. The van der Waals surface area contributed by atoms with Crippen LogP contribution in [0.1, 0.15) is 43.4 Å². The van der Waals surface area contributed by atoms with Gasteiger partial charge in [-0.2, -0.15) is 0 Å². The predicted molar refractivity (Wildman–Crippen MR) is 164 cm³/mol. The average molecular weight is 649 g/mol. The zero-order valence-electron chi connectivity index (χ0n) is 23.2. The van der Waals surface area contributed by atoms with Gasteiger partial charge in [0.15, 0.2) is 0 Å². The quantitative estimate of drug-likeness (QED) is 0.235. The van der Waals surface area contributed by atoms with Crippen molar-refractivity contribution in [2.75, 3.05) is 17.4 Å². The van der Waals surface area contributed by atoms with Crippen LogP contribution in [0.15, 0.2) is 76.1 Å². The summed E-state index contributed by atoms with van der Waals surface area (Å²) in [6.45, 7) is 7.64. The highest BCUT2D eigenvalue weighted by atomic mass is 79.9. The van der Waals surface area contributed by atoms with Gasteiger partial charge in [0.05, 0.1) is 10.6 Å². The molecular formula is C30H35BrClN3O4S. The van der Waals surface area contributed by atoms with Gasteiger partial charge in [-0.25, -0.2) is 8.42 Å². The molecule has 0 saturated heterocycles. The van der Waals surface area contributed by atoms with Gasteiger partial charge in [0.25, 0.3) is 10.0 Å². The average Bonchev–Trinajstić information content (AvgIpc) is 2.91. The number of halogens is 2. The van der Waals surface area contributed by atoms with Gasteiger partial charge in [-0.1, -0.05) is 59.1 Å². The van der Waals surface area contributed by atoms with Crippen LogP contribution < -0.4 is 9.62 Å². The number of aryl methyl sites for hydroxylation is 2. The number of nitrogens with one attached hydrogen (secondary N) is 1. The summed E-state index contributed by atoms with van der Waals surface area (Å²) in [5, 5.41) is 3.29. The third kappa shape index (κ3) is 8.08. The fourth-order valence-electron chi connectivity index (χ4n) is 4.09. The van der Waals surface area contributed by atoms with Crippen LogP contribution >= 0.6 is 27.5 Å². The largest absolute Gasteiger partial charge is 0.354 e. The van der Waals surface area contributed by atoms with E-state index in [9.17, 15) is 18.0 Å². The van der Waals surface area contributed by atoms with Crippen molar-refractivity contribution in [2.45, 2.75) is 58.0 Å². The first-order chi connectivity index (χ1) is 18.9. The molecule has 0 spiro atoms. The molecule has 0 bridgehead atoms. The summed E-state index contributed by atoms with van der Waals surface area (Å²) in [6.07, 6.45) is 1.74. The van der Waals surface area contributed by atoms with E-state index in [-0.39, 0.29) is 17.3 Å². The second kappa shape index (κ2) is 14.1. The van der Waals surface area contributed by atoms with Crippen LogP contribution in [0.2, 0.25) is 5.02 Å². The molecule has 0 saturated carbocycles. The first kappa shape index (κ1) is 31.6. The molecule has 2 amide bonds. The number of unbranched alkanes of at least 4 members (excludes halogenated alkanes) is 1. The van der Waals surface area contributed by atoms with Crippen LogP contribution in [-0.4, -0.2) is 44.3 Å². The van der Waals surface area contributed by atoms with Gasteiger partial charge in [-0.05, 0) is 92.4 Å². The van der Waals surface area contributed by atoms with Crippen molar-refractivity contribution in [3.8, 4) is 0 Å². The second-order valence-corrected chi connectivity index (χ2v) is 12.9. The monoisotopic (exact) mass is 647 g/mol. The summed E-state index contributed by atoms with van der Waals surface area (Å²) in [4.78, 5) is 28.5. The van der Waals surface area contributed by atoms with Gasteiger partial charge >= 0.3 is 0 Å². The van der Waals surface area contributed by atoms with Crippen molar-refractivity contribution in [2.24, 2.45) is 0 Å². The maximum absolute atomic E-state index is 14.0. The molecule has 0 fully saturated rings. The van der Waals surface area contributed by atoms with Gasteiger partial charge in [0.2, 0.25) is 11.8 Å². The van der Waals surface area contributed by atoms with Crippen LogP contribution in [0.3, 0.4) is 0 Å². The van der Waals surface area contributed by atoms with Crippen molar-refractivity contribution in [1.29, 1.82) is 0 Å². The lowest BCUT2D eigenvalue weighted by molar-refractivity contribution is -0.139. The highest BCUT2D eigenvalue weighted by molar-refractivity contribution is 9.10. The molecule has 0 aliphatic rings. The van der Waals surface area contributed by atoms with Gasteiger partial charge in [-0.15, -0.1) is 0 Å². The van der Waals surface area contributed by atoms with Gasteiger partial charge < -0.3 is 10.2 Å². The number of anilines is 1. The topological polar surface area (TPSA) is 86.8 Å². The number of carbonyl (C=O) groups excluding carboxylic acids is 2. The Morgan fingerprint density at radius 1 is 1.00 bits per heavy atom. The number of sulfonamides is 1. The zero-order chi connectivity index (χ0) is 29.4. The maximum Gasteiger partial charge on any atom is 0.264 e. The van der Waals surface area contributed by atoms with E-state index < -0.39 is 28.5 Å². The normalized spacial score (nSPS) is 12.1. The lowest BCUT2D eigenvalue weighted by Gasteiger charge is -2.32. The summed E-state index contributed by atoms with van der Waals surface area (Å²) in [7, 11) is -4.15. The van der Waals surface area contributed by atoms with Gasteiger partial charge in [-0.3, -0.25) is 13.9 Å². The molecule has 3 rings (SSSR count). The Kier molecular flexibility index (Phi) is 11.2. The number of hydrogen-bond acceptors (Lipinski definition) is 4. The highest BCUT2D eigenvalue weighted by Crippen LogP contribution is 2.27. The number of amides is 2. The Bertz CT molecular complexity index is 1450. The summed E-state index contributed by atoms with van der Waals surface area (Å²) in [5.74, 6) is -0.802. The molecule has 3 aromatic rings. The lowest BCUT2D eigenvalue weighted by atomic mass is 10.1. The molecule has 0 heterocycles. The Balaban J connectivity index is 2.03. The van der Waals surface area contributed by atoms with Crippen LogP contribution in [0.4, 0.5) is 5.69 Å². The minimum Gasteiger partial charge on any atom is -0.354 e. The molecule has 7 nitrogen and oxygen atoms in total. The third-order valence-electron chi connectivity index (χ3n) is 6.70. The van der Waals surface area contributed by atoms with E-state index in [2.05, 4.69) is 21.2 Å². The zero-order valence-corrected chi connectivity index (χ0v) is 26.3. The fraction of sp³-hybridized carbons (Fsp3) is 0.333. The molecule has 0 unspecified atom stereocenters. The van der Waals surface area contributed by atoms with Crippen molar-refractivity contribution in [3.63, 3.8) is 0 Å². The molecule has 3 aromatic carbocycles. The van der Waals surface area contributed by atoms with Crippen LogP contribution in [-0.2, 0) is 26.2 Å². The summed E-state index contributed by atoms with van der Waals surface area (Å²) >= 11 is 9.47. The number of hydrogen-bond donors (Lipinski definition) is 1. The SMILES string of the molecule is CCCCNC(=O)[C@H](C)N(Cc1cccc(Br)c1)C(=O)CN(c1ccc(C)c(C)c1)S(=O)(=O)c1ccc(Cl)cc1. The predicted octanol–water partition coefficient (Wildman–Crippen LogP) is 6.25. The van der Waals surface area contributed by atoms with Gasteiger partial charge in [0, 0.05) is 22.6 Å². The standard InChI is InChI=1S/C30H35BrClN3O4S/c1-5-6-16-33-30(37)23(4)34(19-24-8-7-9-25(31)18-24)29(36)20-35(27-13-10-21(2)22(3)17-27)40(38,39)28-14-11-26(32)12-15-28/h7-15,17-18,23H,5-6,16,19-20H2,1-4H3,(H,33,37)/t23-/m0/s1. The first-order valence-electron chi connectivity index (χ1n) is 13.1. The molecule has 0 radical (unpaired) electrons. The van der Waals surface area contributed by atoms with Crippen LogP contribution in [0.5, 0.6) is 0 Å². The van der Waals surface area contributed by atoms with Crippen LogP contribution in [0.25, 0.3) is 0 Å². The number of carbonyl (C=O) groups is 2. The minimum atomic E-state index is -4.15. The van der Waals surface area contributed by atoms with Gasteiger partial charge in [0.1, 0.15) is 12.6 Å². The highest BCUT2D eigenvalue weighted by Gasteiger charge is 2.32. The summed E-state index contributed by atoms with van der Waals surface area (Å²) in [6, 6.07) is 17.7. The summed E-state index contributed by atoms with van der Waals surface area (Å²) < 4.78 is 29.7. The molecule has 1 atom stereocenters. The van der Waals surface area contributed by atoms with E-state index in [1.807, 2.05) is 51.1 Å². The van der Waals surface area contributed by atoms with E-state index in [0.717, 1.165) is 38.3 Å². The fourth-order valence-corrected chi connectivity index (χ4v) is 6.07. The molecule has 10 heteroatoms. The minimum absolute atomic E-state index is 0.00632. The Labute approximate surface area is 250 Å². The molecule has 40 heavy (non-hydrogen) atoms. The van der Waals surface area contributed by atoms with Crippen molar-refractivity contribution < 1.29 is 18.0 Å². The maximum atomic E-state index is 14.0. The molecule has 214 valence electrons. The van der Waals surface area contributed by atoms with E-state index >= 15 is 0 Å². The summed E-state index contributed by atoms with van der Waals surface area (Å²) in [5.41, 5.74) is 3.03. The molecule has 1 N–H and O–H groups in total. The second-order valence-electron chi connectivity index (χ2n) is 9.71. The lowest BCUT2D eigenvalue weighted by Crippen LogP contribution is -2.51. The smallest absolute Gasteiger partial charge is 0.264 e. The van der Waals surface area contributed by atoms with E-state index in [0.29, 0.717) is 17.3 Å². The molecule has 0 aliphatic heterocycles. The van der Waals surface area contributed by atoms with Crippen molar-refractivity contribution in [1.82, 2.24) is 10.2 Å².